The number of aromatic nitrogens is 2. The van der Waals surface area contributed by atoms with E-state index in [9.17, 15) is 0 Å². The summed E-state index contributed by atoms with van der Waals surface area (Å²) in [5, 5.41) is 3.43. The molecule has 0 N–H and O–H groups in total. The predicted octanol–water partition coefficient (Wildman–Crippen LogP) is 20.5. The van der Waals surface area contributed by atoms with E-state index in [0.29, 0.717) is 0 Å². The Bertz CT molecular complexity index is 4580. The van der Waals surface area contributed by atoms with E-state index < -0.39 is 5.41 Å². The molecule has 3 heteroatoms. The van der Waals surface area contributed by atoms with Crippen LogP contribution in [0.1, 0.15) is 47.2 Å². The molecule has 0 fully saturated rings. The van der Waals surface area contributed by atoms with E-state index in [1.165, 1.54) is 55.6 Å². The number of hydrogen-bond donors (Lipinski definition) is 0. The van der Waals surface area contributed by atoms with Gasteiger partial charge in [0.15, 0.2) is 0 Å². The maximum Gasteiger partial charge on any atom is 0.0788 e. The quantitative estimate of drug-likeness (QED) is 0.120. The standard InChI is InChI=1S/C79H57N3/c1-78(2)72-37-20-19-36-67(72)68-47-44-66(53-73(68)78)81(64-35-22-34-62(51-64)79(59-28-12-5-13-29-59,60-30-14-6-15-31-60)61-32-16-7-17-33-61)65-45-48-75-71(52-65)69-46-41-58(50-76(69)82(75)63-42-39-55(40-43-63)54-23-8-3-9-24-54)77-70(56-25-10-4-11-26-56)49-57-27-18-21-38-74(57)80-77/h3-53H,1-2H3. The molecule has 388 valence electrons. The van der Waals surface area contributed by atoms with Crippen molar-refractivity contribution in [3.05, 3.63) is 343 Å². The first-order valence-corrected chi connectivity index (χ1v) is 28.4. The van der Waals surface area contributed by atoms with Crippen molar-refractivity contribution in [1.82, 2.24) is 9.55 Å². The Morgan fingerprint density at radius 3 is 1.57 bits per heavy atom. The summed E-state index contributed by atoms with van der Waals surface area (Å²) in [5.74, 6) is 0. The van der Waals surface area contributed by atoms with Gasteiger partial charge in [-0.25, -0.2) is 4.98 Å². The molecule has 1 aliphatic rings. The molecule has 0 saturated heterocycles. The van der Waals surface area contributed by atoms with Crippen LogP contribution in [0.3, 0.4) is 0 Å². The lowest BCUT2D eigenvalue weighted by atomic mass is 9.65. The van der Waals surface area contributed by atoms with Gasteiger partial charge in [0.25, 0.3) is 0 Å². The average Bonchev–Trinajstić information content (AvgIpc) is 3.11. The highest BCUT2D eigenvalue weighted by molar-refractivity contribution is 6.12. The van der Waals surface area contributed by atoms with Crippen molar-refractivity contribution >= 4 is 49.8 Å². The van der Waals surface area contributed by atoms with Gasteiger partial charge in [-0.2, -0.15) is 0 Å². The van der Waals surface area contributed by atoms with Crippen molar-refractivity contribution in [2.75, 3.05) is 4.90 Å². The molecule has 0 atom stereocenters. The van der Waals surface area contributed by atoms with Crippen molar-refractivity contribution in [1.29, 1.82) is 0 Å². The minimum Gasteiger partial charge on any atom is -0.310 e. The van der Waals surface area contributed by atoms with Crippen LogP contribution in [0.5, 0.6) is 0 Å². The molecular formula is C79H57N3. The first-order valence-electron chi connectivity index (χ1n) is 28.4. The first kappa shape index (κ1) is 48.8. The summed E-state index contributed by atoms with van der Waals surface area (Å²) in [4.78, 5) is 7.94. The van der Waals surface area contributed by atoms with E-state index in [2.05, 4.69) is 333 Å². The predicted molar refractivity (Wildman–Crippen MR) is 343 cm³/mol. The first-order chi connectivity index (χ1) is 40.4. The summed E-state index contributed by atoms with van der Waals surface area (Å²) < 4.78 is 2.45. The van der Waals surface area contributed by atoms with Crippen LogP contribution in [0.2, 0.25) is 0 Å². The van der Waals surface area contributed by atoms with Gasteiger partial charge in [-0.1, -0.05) is 250 Å². The molecule has 82 heavy (non-hydrogen) atoms. The molecule has 0 saturated carbocycles. The molecule has 0 unspecified atom stereocenters. The topological polar surface area (TPSA) is 21.1 Å². The number of anilines is 3. The fourth-order valence-electron chi connectivity index (χ4n) is 13.4. The second-order valence-corrected chi connectivity index (χ2v) is 22.3. The highest BCUT2D eigenvalue weighted by Crippen LogP contribution is 2.52. The monoisotopic (exact) mass is 1050 g/mol. The number of rotatable bonds is 11. The number of hydrogen-bond acceptors (Lipinski definition) is 2. The Kier molecular flexibility index (Phi) is 11.8. The largest absolute Gasteiger partial charge is 0.310 e. The summed E-state index contributed by atoms with van der Waals surface area (Å²) >= 11 is 0. The van der Waals surface area contributed by atoms with Crippen LogP contribution in [0, 0.1) is 0 Å². The van der Waals surface area contributed by atoms with Gasteiger partial charge in [0, 0.05) is 55.5 Å². The zero-order valence-electron chi connectivity index (χ0n) is 45.8. The van der Waals surface area contributed by atoms with E-state index in [0.717, 1.165) is 77.8 Å². The maximum absolute atomic E-state index is 5.45. The number of fused-ring (bicyclic) bond motifs is 7. The van der Waals surface area contributed by atoms with Crippen LogP contribution in [0.4, 0.5) is 17.1 Å². The third-order valence-electron chi connectivity index (χ3n) is 17.3. The smallest absolute Gasteiger partial charge is 0.0788 e. The van der Waals surface area contributed by atoms with Gasteiger partial charge in [0.2, 0.25) is 0 Å². The average molecular weight is 1050 g/mol. The van der Waals surface area contributed by atoms with Crippen molar-refractivity contribution in [3.8, 4) is 50.3 Å². The number of benzene rings is 12. The Hall–Kier alpha value is -10.4. The molecule has 2 aromatic heterocycles. The molecule has 1 aliphatic carbocycles. The zero-order valence-corrected chi connectivity index (χ0v) is 45.8. The highest BCUT2D eigenvalue weighted by Gasteiger charge is 2.39. The fraction of sp³-hybridized carbons (Fsp3) is 0.0506. The lowest BCUT2D eigenvalue weighted by molar-refractivity contribution is 0.660. The molecule has 0 spiro atoms. The van der Waals surface area contributed by atoms with E-state index in [1.807, 2.05) is 0 Å². The Labute approximate surface area is 479 Å². The molecule has 0 bridgehead atoms. The molecular weight excluding hydrogens is 991 g/mol. The lowest BCUT2D eigenvalue weighted by Gasteiger charge is -2.37. The molecule has 0 amide bonds. The Morgan fingerprint density at radius 2 is 0.878 bits per heavy atom. The van der Waals surface area contributed by atoms with Crippen LogP contribution in [0.25, 0.3) is 83.0 Å². The van der Waals surface area contributed by atoms with Crippen LogP contribution >= 0.6 is 0 Å². The molecule has 3 nitrogen and oxygen atoms in total. The third-order valence-corrected chi connectivity index (χ3v) is 17.3. The van der Waals surface area contributed by atoms with Crippen molar-refractivity contribution in [2.24, 2.45) is 0 Å². The van der Waals surface area contributed by atoms with Crippen molar-refractivity contribution in [3.63, 3.8) is 0 Å². The number of pyridine rings is 1. The van der Waals surface area contributed by atoms with Gasteiger partial charge >= 0.3 is 0 Å². The molecule has 0 radical (unpaired) electrons. The summed E-state index contributed by atoms with van der Waals surface area (Å²) in [7, 11) is 0. The molecule has 14 aromatic rings. The minimum absolute atomic E-state index is 0.204. The van der Waals surface area contributed by atoms with Gasteiger partial charge in [0.1, 0.15) is 0 Å². The fourth-order valence-corrected chi connectivity index (χ4v) is 13.4. The van der Waals surface area contributed by atoms with Crippen LogP contribution in [0.15, 0.2) is 309 Å². The van der Waals surface area contributed by atoms with Gasteiger partial charge in [-0.3, -0.25) is 0 Å². The summed E-state index contributed by atoms with van der Waals surface area (Å²) in [6.07, 6.45) is 0. The summed E-state index contributed by atoms with van der Waals surface area (Å²) in [6, 6.07) is 114. The molecule has 2 heterocycles. The summed E-state index contributed by atoms with van der Waals surface area (Å²) in [6.45, 7) is 4.75. The van der Waals surface area contributed by atoms with Gasteiger partial charge < -0.3 is 9.47 Å². The van der Waals surface area contributed by atoms with Crippen molar-refractivity contribution in [2.45, 2.75) is 24.7 Å². The van der Waals surface area contributed by atoms with Crippen LogP contribution < -0.4 is 4.90 Å². The van der Waals surface area contributed by atoms with Gasteiger partial charge in [-0.05, 0) is 134 Å². The second-order valence-electron chi connectivity index (χ2n) is 22.3. The SMILES string of the molecule is CC1(C)c2ccccc2-c2ccc(N(c3cccc(C(c4ccccc4)(c4ccccc4)c4ccccc4)c3)c3ccc4c(c3)c3ccc(-c5nc6ccccc6cc5-c5ccccc5)cc3n4-c3ccc(-c4ccccc4)cc3)cc21. The lowest BCUT2D eigenvalue weighted by Crippen LogP contribution is -2.31. The maximum atomic E-state index is 5.45. The summed E-state index contributed by atoms with van der Waals surface area (Å²) in [5.41, 5.74) is 23.3. The normalized spacial score (nSPS) is 12.6. The highest BCUT2D eigenvalue weighted by atomic mass is 15.1. The number of nitrogens with zero attached hydrogens (tertiary/aromatic N) is 3. The zero-order chi connectivity index (χ0) is 54.8. The number of para-hydroxylation sites is 1. The van der Waals surface area contributed by atoms with E-state index in [1.54, 1.807) is 0 Å². The molecule has 0 aliphatic heterocycles. The van der Waals surface area contributed by atoms with Gasteiger partial charge in [0.05, 0.1) is 27.7 Å². The van der Waals surface area contributed by atoms with Gasteiger partial charge in [-0.15, -0.1) is 0 Å². The molecule has 15 rings (SSSR count). The minimum atomic E-state index is -0.640. The van der Waals surface area contributed by atoms with E-state index in [-0.39, 0.29) is 5.41 Å². The third kappa shape index (κ3) is 7.99. The van der Waals surface area contributed by atoms with Crippen LogP contribution in [-0.2, 0) is 10.8 Å². The Morgan fingerprint density at radius 1 is 0.341 bits per heavy atom. The molecule has 12 aromatic carbocycles. The Balaban J connectivity index is 0.975. The van der Waals surface area contributed by atoms with Crippen molar-refractivity contribution < 1.29 is 0 Å². The van der Waals surface area contributed by atoms with E-state index in [4.69, 9.17) is 4.98 Å². The van der Waals surface area contributed by atoms with E-state index >= 15 is 0 Å². The van der Waals surface area contributed by atoms with Crippen LogP contribution in [-0.4, -0.2) is 9.55 Å². The second kappa shape index (κ2) is 19.8.